The molecule has 0 atom stereocenters. The van der Waals surface area contributed by atoms with Crippen molar-refractivity contribution in [1.82, 2.24) is 9.80 Å². The van der Waals surface area contributed by atoms with Crippen LogP contribution < -0.4 is 4.90 Å². The molecule has 2 aromatic carbocycles. The quantitative estimate of drug-likeness (QED) is 0.496. The minimum absolute atomic E-state index is 0.0372. The number of nitrogens with zero attached hydrogens (tertiary/aromatic N) is 4. The van der Waals surface area contributed by atoms with Gasteiger partial charge in [0, 0.05) is 51.4 Å². The number of piperidine rings is 1. The van der Waals surface area contributed by atoms with Crippen LogP contribution in [-0.2, 0) is 10.2 Å². The van der Waals surface area contributed by atoms with Gasteiger partial charge in [-0.05, 0) is 44.7 Å². The lowest BCUT2D eigenvalue weighted by molar-refractivity contribution is -0.384. The Morgan fingerprint density at radius 1 is 0.853 bits per heavy atom. The van der Waals surface area contributed by atoms with Crippen molar-refractivity contribution in [2.24, 2.45) is 0 Å². The van der Waals surface area contributed by atoms with E-state index in [4.69, 9.17) is 0 Å². The average molecular weight is 465 g/mol. The molecule has 2 fully saturated rings. The van der Waals surface area contributed by atoms with Crippen LogP contribution in [-0.4, -0.2) is 65.8 Å². The summed E-state index contributed by atoms with van der Waals surface area (Å²) in [4.78, 5) is 43.4. The molecule has 34 heavy (non-hydrogen) atoms. The smallest absolute Gasteiger partial charge is 0.270 e. The van der Waals surface area contributed by atoms with Crippen molar-refractivity contribution in [2.45, 2.75) is 38.5 Å². The van der Waals surface area contributed by atoms with E-state index >= 15 is 0 Å². The van der Waals surface area contributed by atoms with Crippen molar-refractivity contribution in [3.8, 4) is 0 Å². The molecular weight excluding hydrogens is 432 g/mol. The number of carbonyl (C=O) groups excluding carboxylic acids is 2. The number of amides is 2. The van der Waals surface area contributed by atoms with E-state index in [0.29, 0.717) is 31.7 Å². The number of non-ortho nitro benzene ring substituents is 1. The minimum Gasteiger partial charge on any atom is -0.371 e. The fraction of sp³-hybridized carbons (Fsp3) is 0.462. The topological polar surface area (TPSA) is 87.0 Å². The lowest BCUT2D eigenvalue weighted by atomic mass is 9.83. The first-order chi connectivity index (χ1) is 16.3. The summed E-state index contributed by atoms with van der Waals surface area (Å²) in [5.74, 6) is -0.172. The van der Waals surface area contributed by atoms with Crippen LogP contribution in [0.2, 0.25) is 0 Å². The number of hydrogen-bond acceptors (Lipinski definition) is 5. The second-order valence-electron chi connectivity index (χ2n) is 9.58. The number of hydrogen-bond donors (Lipinski definition) is 0. The summed E-state index contributed by atoms with van der Waals surface area (Å²) in [5, 5.41) is 11.4. The second-order valence-corrected chi connectivity index (χ2v) is 9.58. The Bertz CT molecular complexity index is 1060. The molecule has 8 heteroatoms. The summed E-state index contributed by atoms with van der Waals surface area (Å²) in [6.07, 6.45) is 3.24. The van der Waals surface area contributed by atoms with Crippen molar-refractivity contribution < 1.29 is 14.5 Å². The van der Waals surface area contributed by atoms with Gasteiger partial charge >= 0.3 is 0 Å². The third-order valence-corrected chi connectivity index (χ3v) is 7.00. The Morgan fingerprint density at radius 3 is 2.09 bits per heavy atom. The van der Waals surface area contributed by atoms with Gasteiger partial charge in [0.1, 0.15) is 0 Å². The summed E-state index contributed by atoms with van der Waals surface area (Å²) < 4.78 is 0. The predicted octanol–water partition coefficient (Wildman–Crippen LogP) is 3.85. The molecule has 0 N–H and O–H groups in total. The van der Waals surface area contributed by atoms with E-state index in [1.54, 1.807) is 11.0 Å². The van der Waals surface area contributed by atoms with E-state index in [9.17, 15) is 19.7 Å². The maximum Gasteiger partial charge on any atom is 0.270 e. The SMILES string of the molecule is CC(C)(C(=O)N1CCN(C(=O)c2cc([N+](=O)[O-])ccc2N2CCCCC2)CC1)c1ccccc1. The highest BCUT2D eigenvalue weighted by Gasteiger charge is 2.36. The molecule has 0 aliphatic carbocycles. The van der Waals surface area contributed by atoms with Crippen molar-refractivity contribution >= 4 is 23.2 Å². The van der Waals surface area contributed by atoms with Gasteiger partial charge in [-0.15, -0.1) is 0 Å². The number of rotatable bonds is 5. The molecule has 0 radical (unpaired) electrons. The van der Waals surface area contributed by atoms with Crippen molar-refractivity contribution in [3.05, 3.63) is 69.8 Å². The molecule has 4 rings (SSSR count). The van der Waals surface area contributed by atoms with Crippen molar-refractivity contribution in [1.29, 1.82) is 0 Å². The molecule has 2 saturated heterocycles. The predicted molar refractivity (Wildman–Crippen MR) is 131 cm³/mol. The first-order valence-electron chi connectivity index (χ1n) is 12.0. The summed E-state index contributed by atoms with van der Waals surface area (Å²) in [7, 11) is 0. The van der Waals surface area contributed by atoms with Gasteiger partial charge in [-0.2, -0.15) is 0 Å². The summed E-state index contributed by atoms with van der Waals surface area (Å²) in [5.41, 5.74) is 1.36. The zero-order valence-electron chi connectivity index (χ0n) is 19.9. The lowest BCUT2D eigenvalue weighted by Gasteiger charge is -2.39. The zero-order valence-corrected chi connectivity index (χ0v) is 19.9. The van der Waals surface area contributed by atoms with Gasteiger partial charge in [-0.25, -0.2) is 0 Å². The number of anilines is 1. The first-order valence-corrected chi connectivity index (χ1v) is 12.0. The van der Waals surface area contributed by atoms with Gasteiger partial charge in [-0.1, -0.05) is 30.3 Å². The third-order valence-electron chi connectivity index (χ3n) is 7.00. The molecule has 180 valence electrons. The van der Waals surface area contributed by atoms with Gasteiger partial charge in [0.15, 0.2) is 0 Å². The number of nitro benzene ring substituents is 1. The Hall–Kier alpha value is -3.42. The second kappa shape index (κ2) is 9.83. The highest BCUT2D eigenvalue weighted by atomic mass is 16.6. The van der Waals surface area contributed by atoms with Crippen LogP contribution in [0.1, 0.15) is 49.0 Å². The Morgan fingerprint density at radius 2 is 1.47 bits per heavy atom. The molecule has 0 unspecified atom stereocenters. The van der Waals surface area contributed by atoms with Crippen LogP contribution in [0, 0.1) is 10.1 Å². The van der Waals surface area contributed by atoms with Crippen LogP contribution in [0.5, 0.6) is 0 Å². The lowest BCUT2D eigenvalue weighted by Crippen LogP contribution is -2.54. The van der Waals surface area contributed by atoms with Crippen LogP contribution in [0.3, 0.4) is 0 Å². The van der Waals surface area contributed by atoms with E-state index in [1.807, 2.05) is 49.1 Å². The average Bonchev–Trinajstić information content (AvgIpc) is 2.88. The van der Waals surface area contributed by atoms with Crippen molar-refractivity contribution in [2.75, 3.05) is 44.2 Å². The number of benzene rings is 2. The molecule has 0 spiro atoms. The maximum absolute atomic E-state index is 13.5. The fourth-order valence-electron chi connectivity index (χ4n) is 4.88. The Kier molecular flexibility index (Phi) is 6.86. The van der Waals surface area contributed by atoms with E-state index in [-0.39, 0.29) is 17.5 Å². The molecular formula is C26H32N4O4. The normalized spacial score (nSPS) is 16.9. The Labute approximate surface area is 200 Å². The van der Waals surface area contributed by atoms with Crippen LogP contribution in [0.4, 0.5) is 11.4 Å². The molecule has 2 aromatic rings. The van der Waals surface area contributed by atoms with E-state index < -0.39 is 10.3 Å². The number of piperazine rings is 1. The minimum atomic E-state index is -0.658. The third kappa shape index (κ3) is 4.76. The van der Waals surface area contributed by atoms with Gasteiger partial charge < -0.3 is 14.7 Å². The van der Waals surface area contributed by atoms with Gasteiger partial charge in [-0.3, -0.25) is 19.7 Å². The maximum atomic E-state index is 13.5. The largest absolute Gasteiger partial charge is 0.371 e. The summed E-state index contributed by atoms with van der Waals surface area (Å²) in [6, 6.07) is 14.3. The van der Waals surface area contributed by atoms with Gasteiger partial charge in [0.05, 0.1) is 21.6 Å². The monoisotopic (exact) mass is 464 g/mol. The molecule has 0 aromatic heterocycles. The van der Waals surface area contributed by atoms with Crippen molar-refractivity contribution in [3.63, 3.8) is 0 Å². The van der Waals surface area contributed by atoms with Gasteiger partial charge in [0.2, 0.25) is 5.91 Å². The molecule has 2 amide bonds. The van der Waals surface area contributed by atoms with Crippen LogP contribution in [0.15, 0.2) is 48.5 Å². The van der Waals surface area contributed by atoms with Gasteiger partial charge in [0.25, 0.3) is 11.6 Å². The molecule has 8 nitrogen and oxygen atoms in total. The molecule has 2 aliphatic rings. The standard InChI is InChI=1S/C26H32N4O4/c1-26(2,20-9-5-3-6-10-20)25(32)29-17-15-28(16-18-29)24(31)22-19-21(30(33)34)11-12-23(22)27-13-7-4-8-14-27/h3,5-6,9-12,19H,4,7-8,13-18H2,1-2H3. The van der Waals surface area contributed by atoms with E-state index in [2.05, 4.69) is 4.90 Å². The number of carbonyl (C=O) groups is 2. The summed E-state index contributed by atoms with van der Waals surface area (Å²) >= 11 is 0. The zero-order chi connectivity index (χ0) is 24.3. The Balaban J connectivity index is 1.49. The number of nitro groups is 1. The van der Waals surface area contributed by atoms with Crippen LogP contribution in [0.25, 0.3) is 0 Å². The summed E-state index contributed by atoms with van der Waals surface area (Å²) in [6.45, 7) is 7.22. The molecule has 0 saturated carbocycles. The van der Waals surface area contributed by atoms with Crippen LogP contribution >= 0.6 is 0 Å². The van der Waals surface area contributed by atoms with E-state index in [1.165, 1.54) is 12.1 Å². The first kappa shape index (κ1) is 23.7. The molecule has 2 heterocycles. The highest BCUT2D eigenvalue weighted by molar-refractivity contribution is 6.00. The van der Waals surface area contributed by atoms with E-state index in [0.717, 1.165) is 43.6 Å². The highest BCUT2D eigenvalue weighted by Crippen LogP contribution is 2.30. The molecule has 2 aliphatic heterocycles. The molecule has 0 bridgehead atoms. The fourth-order valence-corrected chi connectivity index (χ4v) is 4.88.